The van der Waals surface area contributed by atoms with E-state index in [1.807, 2.05) is 22.6 Å². The summed E-state index contributed by atoms with van der Waals surface area (Å²) in [5.74, 6) is -0.851. The lowest BCUT2D eigenvalue weighted by Crippen LogP contribution is -2.17. The summed E-state index contributed by atoms with van der Waals surface area (Å²) in [5, 5.41) is 0. The quantitative estimate of drug-likeness (QED) is 0.562. The highest BCUT2D eigenvalue weighted by Crippen LogP contribution is 2.34. The molecule has 1 aromatic rings. The van der Waals surface area contributed by atoms with Crippen molar-refractivity contribution in [2.75, 3.05) is 7.11 Å². The van der Waals surface area contributed by atoms with Gasteiger partial charge in [-0.15, -0.1) is 0 Å². The van der Waals surface area contributed by atoms with E-state index < -0.39 is 17.0 Å². The Kier molecular flexibility index (Phi) is 3.58. The van der Waals surface area contributed by atoms with Crippen LogP contribution < -0.4 is 4.74 Å². The summed E-state index contributed by atoms with van der Waals surface area (Å²) in [4.78, 5) is 0. The average molecular weight is 326 g/mol. The van der Waals surface area contributed by atoms with Gasteiger partial charge in [-0.2, -0.15) is 0 Å². The van der Waals surface area contributed by atoms with Crippen molar-refractivity contribution in [3.8, 4) is 5.75 Å². The Hall–Kier alpha value is -0.390. The van der Waals surface area contributed by atoms with Crippen molar-refractivity contribution in [1.82, 2.24) is 0 Å². The number of rotatable bonds is 1. The summed E-state index contributed by atoms with van der Waals surface area (Å²) in [6.07, 6.45) is 0. The van der Waals surface area contributed by atoms with Crippen molar-refractivity contribution in [2.45, 2.75) is 26.2 Å². The molecule has 0 radical (unpaired) electrons. The number of halogens is 3. The molecule has 4 heteroatoms. The van der Waals surface area contributed by atoms with Crippen molar-refractivity contribution in [3.05, 3.63) is 26.8 Å². The van der Waals surface area contributed by atoms with E-state index in [1.54, 1.807) is 20.8 Å². The molecule has 0 unspecified atom stereocenters. The van der Waals surface area contributed by atoms with Gasteiger partial charge in [-0.05, 0) is 28.0 Å². The first-order valence-electron chi connectivity index (χ1n) is 4.51. The van der Waals surface area contributed by atoms with Gasteiger partial charge in [0.05, 0.1) is 10.7 Å². The number of hydrogen-bond donors (Lipinski definition) is 0. The summed E-state index contributed by atoms with van der Waals surface area (Å²) in [6, 6.07) is 1.23. The molecule has 0 aromatic heterocycles. The molecule has 0 heterocycles. The van der Waals surface area contributed by atoms with Crippen molar-refractivity contribution < 1.29 is 13.5 Å². The number of methoxy groups -OCH3 is 1. The zero-order chi connectivity index (χ0) is 11.8. The normalized spacial score (nSPS) is 11.7. The van der Waals surface area contributed by atoms with Crippen molar-refractivity contribution in [3.63, 3.8) is 0 Å². The number of benzene rings is 1. The van der Waals surface area contributed by atoms with E-state index in [1.165, 1.54) is 13.2 Å². The molecular weight excluding hydrogens is 313 g/mol. The molecular formula is C11H13F2IO. The van der Waals surface area contributed by atoms with Gasteiger partial charge in [0.25, 0.3) is 0 Å². The Balaban J connectivity index is 3.50. The molecule has 0 spiro atoms. The molecule has 1 nitrogen and oxygen atoms in total. The maximum atomic E-state index is 13.9. The third-order valence-electron chi connectivity index (χ3n) is 2.10. The highest BCUT2D eigenvalue weighted by Gasteiger charge is 2.26. The predicted molar refractivity (Wildman–Crippen MR) is 64.3 cm³/mol. The minimum atomic E-state index is -0.558. The van der Waals surface area contributed by atoms with E-state index in [-0.39, 0.29) is 11.3 Å². The van der Waals surface area contributed by atoms with Crippen LogP contribution in [0.25, 0.3) is 0 Å². The van der Waals surface area contributed by atoms with Crippen LogP contribution in [0.15, 0.2) is 6.07 Å². The predicted octanol–water partition coefficient (Wildman–Crippen LogP) is 3.88. The van der Waals surface area contributed by atoms with Crippen LogP contribution in [0.2, 0.25) is 0 Å². The summed E-state index contributed by atoms with van der Waals surface area (Å²) >= 11 is 1.82. The molecule has 0 bridgehead atoms. The van der Waals surface area contributed by atoms with E-state index in [9.17, 15) is 8.78 Å². The van der Waals surface area contributed by atoms with Gasteiger partial charge in [0, 0.05) is 11.6 Å². The largest absolute Gasteiger partial charge is 0.495 e. The molecule has 1 rings (SSSR count). The zero-order valence-electron chi connectivity index (χ0n) is 9.12. The van der Waals surface area contributed by atoms with Crippen LogP contribution >= 0.6 is 22.6 Å². The van der Waals surface area contributed by atoms with E-state index in [4.69, 9.17) is 4.74 Å². The standard InChI is InChI=1S/C11H13F2IO/c1-11(2,3)8-6(12)5-7(15-4)10(14)9(8)13/h5H,1-4H3. The van der Waals surface area contributed by atoms with Gasteiger partial charge in [0.2, 0.25) is 0 Å². The molecule has 0 aliphatic heterocycles. The first-order chi connectivity index (χ1) is 6.79. The van der Waals surface area contributed by atoms with Crippen molar-refractivity contribution in [2.24, 2.45) is 0 Å². The minimum absolute atomic E-state index is 0.104. The second-order valence-corrected chi connectivity index (χ2v) is 5.39. The van der Waals surface area contributed by atoms with Crippen LogP contribution in [0.3, 0.4) is 0 Å². The average Bonchev–Trinajstić information content (AvgIpc) is 2.09. The molecule has 0 saturated carbocycles. The van der Waals surface area contributed by atoms with Crippen LogP contribution in [-0.4, -0.2) is 7.11 Å². The maximum absolute atomic E-state index is 13.9. The summed E-state index contributed by atoms with van der Waals surface area (Å²) in [6.45, 7) is 5.32. The van der Waals surface area contributed by atoms with Crippen molar-refractivity contribution >= 4 is 22.6 Å². The smallest absolute Gasteiger partial charge is 0.146 e. The van der Waals surface area contributed by atoms with Crippen LogP contribution in [0.4, 0.5) is 8.78 Å². The minimum Gasteiger partial charge on any atom is -0.495 e. The maximum Gasteiger partial charge on any atom is 0.146 e. The van der Waals surface area contributed by atoms with Gasteiger partial charge in [-0.3, -0.25) is 0 Å². The van der Waals surface area contributed by atoms with Crippen LogP contribution in [0.1, 0.15) is 26.3 Å². The number of hydrogen-bond acceptors (Lipinski definition) is 1. The third kappa shape index (κ3) is 2.41. The number of ether oxygens (including phenoxy) is 1. The molecule has 0 N–H and O–H groups in total. The van der Waals surface area contributed by atoms with E-state index in [0.717, 1.165) is 0 Å². The molecule has 0 aliphatic rings. The fourth-order valence-corrected chi connectivity index (χ4v) is 2.05. The van der Waals surface area contributed by atoms with Gasteiger partial charge in [0.15, 0.2) is 0 Å². The van der Waals surface area contributed by atoms with E-state index in [0.29, 0.717) is 3.57 Å². The Morgan fingerprint density at radius 3 is 2.20 bits per heavy atom. The lowest BCUT2D eigenvalue weighted by molar-refractivity contribution is 0.395. The Labute approximate surface area is 102 Å². The molecule has 0 saturated heterocycles. The Bertz CT molecular complexity index is 383. The van der Waals surface area contributed by atoms with Crippen LogP contribution in [0.5, 0.6) is 5.75 Å². The lowest BCUT2D eigenvalue weighted by atomic mass is 9.86. The third-order valence-corrected chi connectivity index (χ3v) is 3.10. The first-order valence-corrected chi connectivity index (χ1v) is 5.59. The summed E-state index contributed by atoms with van der Waals surface area (Å²) in [5.41, 5.74) is -0.451. The molecule has 0 fully saturated rings. The van der Waals surface area contributed by atoms with Gasteiger partial charge in [0.1, 0.15) is 17.4 Å². The molecule has 0 aliphatic carbocycles. The molecule has 15 heavy (non-hydrogen) atoms. The van der Waals surface area contributed by atoms with Crippen molar-refractivity contribution in [1.29, 1.82) is 0 Å². The fraction of sp³-hybridized carbons (Fsp3) is 0.455. The van der Waals surface area contributed by atoms with Gasteiger partial charge >= 0.3 is 0 Å². The lowest BCUT2D eigenvalue weighted by Gasteiger charge is -2.22. The molecule has 84 valence electrons. The van der Waals surface area contributed by atoms with E-state index >= 15 is 0 Å². The highest BCUT2D eigenvalue weighted by molar-refractivity contribution is 14.1. The monoisotopic (exact) mass is 326 g/mol. The highest BCUT2D eigenvalue weighted by atomic mass is 127. The topological polar surface area (TPSA) is 9.23 Å². The zero-order valence-corrected chi connectivity index (χ0v) is 11.3. The second-order valence-electron chi connectivity index (χ2n) is 4.31. The fourth-order valence-electron chi connectivity index (χ4n) is 1.41. The molecule has 1 aromatic carbocycles. The Morgan fingerprint density at radius 2 is 1.80 bits per heavy atom. The second kappa shape index (κ2) is 4.23. The van der Waals surface area contributed by atoms with Gasteiger partial charge < -0.3 is 4.74 Å². The van der Waals surface area contributed by atoms with Gasteiger partial charge in [-0.25, -0.2) is 8.78 Å². The van der Waals surface area contributed by atoms with E-state index in [2.05, 4.69) is 0 Å². The van der Waals surface area contributed by atoms with Crippen LogP contribution in [0, 0.1) is 15.2 Å². The van der Waals surface area contributed by atoms with Crippen LogP contribution in [-0.2, 0) is 5.41 Å². The molecule has 0 amide bonds. The van der Waals surface area contributed by atoms with Gasteiger partial charge in [-0.1, -0.05) is 20.8 Å². The summed E-state index contributed by atoms with van der Waals surface area (Å²) in [7, 11) is 1.40. The SMILES string of the molecule is COc1cc(F)c(C(C)(C)C)c(F)c1I. The Morgan fingerprint density at radius 1 is 1.27 bits per heavy atom. The molecule has 0 atom stereocenters. The summed E-state index contributed by atoms with van der Waals surface area (Å²) < 4.78 is 32.7. The first kappa shape index (κ1) is 12.7.